The van der Waals surface area contributed by atoms with Gasteiger partial charge in [0, 0.05) is 18.5 Å². The van der Waals surface area contributed by atoms with Crippen molar-refractivity contribution >= 4 is 39.6 Å². The summed E-state index contributed by atoms with van der Waals surface area (Å²) in [6.07, 6.45) is 0.437. The van der Waals surface area contributed by atoms with Crippen molar-refractivity contribution in [2.75, 3.05) is 13.2 Å². The molecule has 160 valence electrons. The Morgan fingerprint density at radius 1 is 1.16 bits per heavy atom. The highest BCUT2D eigenvalue weighted by atomic mass is 32.2. The maximum Gasteiger partial charge on any atom is 0.342 e. The van der Waals surface area contributed by atoms with Crippen LogP contribution in [0.4, 0.5) is 0 Å². The summed E-state index contributed by atoms with van der Waals surface area (Å²) in [4.78, 5) is 30.3. The third kappa shape index (κ3) is 4.22. The number of ether oxygens (including phenoxy) is 1. The highest BCUT2D eigenvalue weighted by molar-refractivity contribution is 7.98. The molecule has 0 radical (unpaired) electrons. The number of carbonyl (C=O) groups is 1. The Balaban J connectivity index is 1.74. The normalized spacial score (nSPS) is 11.3. The zero-order valence-corrected chi connectivity index (χ0v) is 17.9. The highest BCUT2D eigenvalue weighted by Gasteiger charge is 2.22. The fraction of sp³-hybridized carbons (Fsp3) is 0.261. The maximum atomic E-state index is 13.0. The Morgan fingerprint density at radius 2 is 1.90 bits per heavy atom. The lowest BCUT2D eigenvalue weighted by Crippen LogP contribution is -2.24. The summed E-state index contributed by atoms with van der Waals surface area (Å²) in [6, 6.07) is 14.5. The van der Waals surface area contributed by atoms with Gasteiger partial charge in [0.15, 0.2) is 5.16 Å². The lowest BCUT2D eigenvalue weighted by atomic mass is 10.1. The van der Waals surface area contributed by atoms with Gasteiger partial charge >= 0.3 is 5.97 Å². The van der Waals surface area contributed by atoms with Crippen LogP contribution in [0, 0.1) is 0 Å². The van der Waals surface area contributed by atoms with Crippen molar-refractivity contribution in [3.8, 4) is 0 Å². The number of carbonyl (C=O) groups excluding carboxylic acids is 1. The standard InChI is InChI=1S/C23H22N2O5S/c1-2-29-22(28)20-16-9-4-6-11-18(16)30-19(20)14-31-23-24-17-10-5-3-8-15(17)21(27)25(23)12-7-13-26/h3-6,8-11,26H,2,7,12-14H2,1H3. The molecule has 4 aromatic rings. The molecule has 0 saturated heterocycles. The van der Waals surface area contributed by atoms with Crippen LogP contribution in [0.25, 0.3) is 21.9 Å². The van der Waals surface area contributed by atoms with Crippen molar-refractivity contribution in [1.82, 2.24) is 9.55 Å². The first kappa shape index (κ1) is 21.1. The quantitative estimate of drug-likeness (QED) is 0.252. The molecule has 0 spiro atoms. The van der Waals surface area contributed by atoms with E-state index in [4.69, 9.17) is 9.15 Å². The Labute approximate surface area is 182 Å². The molecule has 2 aromatic carbocycles. The first-order chi connectivity index (χ1) is 15.1. The smallest absolute Gasteiger partial charge is 0.342 e. The van der Waals surface area contributed by atoms with Crippen LogP contribution in [0.1, 0.15) is 29.5 Å². The molecule has 0 saturated carbocycles. The molecule has 0 unspecified atom stereocenters. The van der Waals surface area contributed by atoms with Crippen LogP contribution in [0.15, 0.2) is 62.9 Å². The molecule has 0 aliphatic rings. The first-order valence-corrected chi connectivity index (χ1v) is 11.0. The van der Waals surface area contributed by atoms with E-state index >= 15 is 0 Å². The van der Waals surface area contributed by atoms with E-state index in [-0.39, 0.29) is 18.8 Å². The van der Waals surface area contributed by atoms with Gasteiger partial charge in [-0.2, -0.15) is 0 Å². The van der Waals surface area contributed by atoms with E-state index in [9.17, 15) is 14.7 Å². The van der Waals surface area contributed by atoms with E-state index in [1.165, 1.54) is 11.8 Å². The largest absolute Gasteiger partial charge is 0.462 e. The fourth-order valence-corrected chi connectivity index (χ4v) is 4.40. The van der Waals surface area contributed by atoms with Gasteiger partial charge in [0.05, 0.1) is 23.3 Å². The number of aliphatic hydroxyl groups is 1. The zero-order valence-electron chi connectivity index (χ0n) is 17.0. The Morgan fingerprint density at radius 3 is 2.68 bits per heavy atom. The number of hydrogen-bond donors (Lipinski definition) is 1. The van der Waals surface area contributed by atoms with Crippen molar-refractivity contribution in [3.05, 3.63) is 70.2 Å². The van der Waals surface area contributed by atoms with E-state index in [0.29, 0.717) is 57.1 Å². The van der Waals surface area contributed by atoms with E-state index < -0.39 is 5.97 Å². The summed E-state index contributed by atoms with van der Waals surface area (Å²) in [5, 5.41) is 11.0. The predicted octanol–water partition coefficient (Wildman–Crippen LogP) is 3.99. The van der Waals surface area contributed by atoms with Gasteiger partial charge in [-0.05, 0) is 31.5 Å². The molecule has 0 aliphatic carbocycles. The molecule has 2 heterocycles. The minimum absolute atomic E-state index is 0.0278. The minimum atomic E-state index is -0.438. The van der Waals surface area contributed by atoms with Crippen LogP contribution in [-0.2, 0) is 17.0 Å². The molecule has 0 amide bonds. The second-order valence-corrected chi connectivity index (χ2v) is 7.79. The van der Waals surface area contributed by atoms with Crippen LogP contribution in [-0.4, -0.2) is 33.8 Å². The number of fused-ring (bicyclic) bond motifs is 2. The summed E-state index contributed by atoms with van der Waals surface area (Å²) in [5.41, 5.74) is 1.45. The summed E-state index contributed by atoms with van der Waals surface area (Å²) in [5.74, 6) is 0.333. The van der Waals surface area contributed by atoms with Crippen LogP contribution in [0.5, 0.6) is 0 Å². The molecule has 4 rings (SSSR count). The van der Waals surface area contributed by atoms with Crippen molar-refractivity contribution in [1.29, 1.82) is 0 Å². The summed E-state index contributed by atoms with van der Waals surface area (Å²) >= 11 is 1.31. The van der Waals surface area contributed by atoms with Crippen molar-refractivity contribution < 1.29 is 19.1 Å². The average Bonchev–Trinajstić information content (AvgIpc) is 3.16. The van der Waals surface area contributed by atoms with Crippen LogP contribution >= 0.6 is 11.8 Å². The molecule has 31 heavy (non-hydrogen) atoms. The maximum absolute atomic E-state index is 13.0. The molecular formula is C23H22N2O5S. The first-order valence-electron chi connectivity index (χ1n) is 10.0. The lowest BCUT2D eigenvalue weighted by Gasteiger charge is -2.12. The second-order valence-electron chi connectivity index (χ2n) is 6.85. The molecule has 1 N–H and O–H groups in total. The molecule has 0 fully saturated rings. The number of benzene rings is 2. The van der Waals surface area contributed by atoms with E-state index in [0.717, 1.165) is 0 Å². The number of rotatable bonds is 8. The van der Waals surface area contributed by atoms with E-state index in [1.54, 1.807) is 35.8 Å². The zero-order chi connectivity index (χ0) is 21.8. The van der Waals surface area contributed by atoms with Gasteiger partial charge < -0.3 is 14.3 Å². The molecule has 8 heteroatoms. The van der Waals surface area contributed by atoms with E-state index in [1.807, 2.05) is 24.3 Å². The van der Waals surface area contributed by atoms with E-state index in [2.05, 4.69) is 4.98 Å². The summed E-state index contributed by atoms with van der Waals surface area (Å²) in [7, 11) is 0. The Hall–Kier alpha value is -3.10. The molecule has 0 bridgehead atoms. The Bertz CT molecular complexity index is 1290. The van der Waals surface area contributed by atoms with Gasteiger partial charge in [0.1, 0.15) is 16.9 Å². The molecular weight excluding hydrogens is 416 g/mol. The van der Waals surface area contributed by atoms with Gasteiger partial charge in [-0.25, -0.2) is 9.78 Å². The van der Waals surface area contributed by atoms with Gasteiger partial charge in [-0.3, -0.25) is 9.36 Å². The van der Waals surface area contributed by atoms with Crippen molar-refractivity contribution in [3.63, 3.8) is 0 Å². The van der Waals surface area contributed by atoms with Crippen molar-refractivity contribution in [2.24, 2.45) is 0 Å². The number of aromatic nitrogens is 2. The monoisotopic (exact) mass is 438 g/mol. The molecule has 7 nitrogen and oxygen atoms in total. The molecule has 0 atom stereocenters. The Kier molecular flexibility index (Phi) is 6.39. The number of hydrogen-bond acceptors (Lipinski definition) is 7. The topological polar surface area (TPSA) is 94.6 Å². The number of thioether (sulfide) groups is 1. The highest BCUT2D eigenvalue weighted by Crippen LogP contribution is 2.31. The molecule has 2 aromatic heterocycles. The predicted molar refractivity (Wildman–Crippen MR) is 119 cm³/mol. The number of nitrogens with zero attached hydrogens (tertiary/aromatic N) is 2. The number of furan rings is 1. The number of esters is 1. The third-order valence-corrected chi connectivity index (χ3v) is 5.82. The molecule has 0 aliphatic heterocycles. The number of para-hydroxylation sites is 2. The number of aliphatic hydroxyl groups excluding tert-OH is 1. The third-order valence-electron chi connectivity index (χ3n) is 4.85. The van der Waals surface area contributed by atoms with Crippen LogP contribution in [0.2, 0.25) is 0 Å². The fourth-order valence-electron chi connectivity index (χ4n) is 3.44. The van der Waals surface area contributed by atoms with Gasteiger partial charge in [-0.1, -0.05) is 42.1 Å². The van der Waals surface area contributed by atoms with Gasteiger partial charge in [-0.15, -0.1) is 0 Å². The van der Waals surface area contributed by atoms with Crippen LogP contribution in [0.3, 0.4) is 0 Å². The lowest BCUT2D eigenvalue weighted by molar-refractivity contribution is 0.0526. The summed E-state index contributed by atoms with van der Waals surface area (Å²) < 4.78 is 12.7. The summed E-state index contributed by atoms with van der Waals surface area (Å²) in [6.45, 7) is 2.34. The van der Waals surface area contributed by atoms with Crippen LogP contribution < -0.4 is 5.56 Å². The SMILES string of the molecule is CCOC(=O)c1c(CSc2nc3ccccc3c(=O)n2CCCO)oc2ccccc12. The average molecular weight is 439 g/mol. The van der Waals surface area contributed by atoms with Crippen molar-refractivity contribution in [2.45, 2.75) is 30.8 Å². The minimum Gasteiger partial charge on any atom is -0.462 e. The van der Waals surface area contributed by atoms with Gasteiger partial charge in [0.25, 0.3) is 5.56 Å². The van der Waals surface area contributed by atoms with Gasteiger partial charge in [0.2, 0.25) is 0 Å². The second kappa shape index (κ2) is 9.36.